The summed E-state index contributed by atoms with van der Waals surface area (Å²) >= 11 is 0. The fourth-order valence-electron chi connectivity index (χ4n) is 1.88. The number of anilines is 1. The Bertz CT molecular complexity index is 641. The van der Waals surface area contributed by atoms with E-state index in [1.54, 1.807) is 10.8 Å². The SMILES string of the molecule is CC(CCn1c(N)nc2c(F)cc(F)cc21)S(C)=O. The Hall–Kier alpha value is -1.50. The molecule has 4 nitrogen and oxygen atoms in total. The fourth-order valence-corrected chi connectivity index (χ4v) is 2.32. The van der Waals surface area contributed by atoms with Gasteiger partial charge in [-0.15, -0.1) is 0 Å². The number of fused-ring (bicyclic) bond motifs is 1. The van der Waals surface area contributed by atoms with Crippen molar-refractivity contribution in [3.8, 4) is 0 Å². The van der Waals surface area contributed by atoms with Crippen LogP contribution >= 0.6 is 0 Å². The molecule has 2 unspecified atom stereocenters. The molecule has 19 heavy (non-hydrogen) atoms. The minimum Gasteiger partial charge on any atom is -0.369 e. The van der Waals surface area contributed by atoms with Crippen molar-refractivity contribution in [1.29, 1.82) is 0 Å². The lowest BCUT2D eigenvalue weighted by atomic mass is 10.2. The third kappa shape index (κ3) is 2.75. The van der Waals surface area contributed by atoms with E-state index in [0.717, 1.165) is 6.07 Å². The van der Waals surface area contributed by atoms with Crippen LogP contribution in [0.15, 0.2) is 12.1 Å². The largest absolute Gasteiger partial charge is 0.369 e. The number of nitrogens with zero attached hydrogens (tertiary/aromatic N) is 2. The number of halogens is 2. The standard InChI is InChI=1S/C12H15F2N3OS/c1-7(19(2)18)3-4-17-10-6-8(13)5-9(14)11(10)16-12(17)15/h5-7H,3-4H2,1-2H3,(H2,15,16). The van der Waals surface area contributed by atoms with E-state index in [-0.39, 0.29) is 16.7 Å². The Morgan fingerprint density at radius 2 is 2.16 bits per heavy atom. The third-order valence-corrected chi connectivity index (χ3v) is 4.50. The van der Waals surface area contributed by atoms with E-state index in [4.69, 9.17) is 5.73 Å². The molecule has 2 N–H and O–H groups in total. The molecular weight excluding hydrogens is 272 g/mol. The van der Waals surface area contributed by atoms with Crippen molar-refractivity contribution in [1.82, 2.24) is 9.55 Å². The first kappa shape index (κ1) is 13.9. The van der Waals surface area contributed by atoms with Crippen molar-refractivity contribution < 1.29 is 13.0 Å². The van der Waals surface area contributed by atoms with E-state index in [9.17, 15) is 13.0 Å². The van der Waals surface area contributed by atoms with Gasteiger partial charge in [0.25, 0.3) is 0 Å². The zero-order valence-corrected chi connectivity index (χ0v) is 11.5. The number of hydrogen-bond acceptors (Lipinski definition) is 3. The molecule has 0 aliphatic carbocycles. The third-order valence-electron chi connectivity index (χ3n) is 3.13. The lowest BCUT2D eigenvalue weighted by Crippen LogP contribution is -2.14. The molecule has 104 valence electrons. The fraction of sp³-hybridized carbons (Fsp3) is 0.417. The van der Waals surface area contributed by atoms with Gasteiger partial charge in [0, 0.05) is 41.0 Å². The smallest absolute Gasteiger partial charge is 0.201 e. The first-order valence-corrected chi connectivity index (χ1v) is 7.45. The first-order valence-electron chi connectivity index (χ1n) is 5.83. The maximum Gasteiger partial charge on any atom is 0.201 e. The van der Waals surface area contributed by atoms with Gasteiger partial charge in [0.2, 0.25) is 5.95 Å². The van der Waals surface area contributed by atoms with Crippen LogP contribution in [0.3, 0.4) is 0 Å². The van der Waals surface area contributed by atoms with Gasteiger partial charge in [-0.05, 0) is 6.42 Å². The monoisotopic (exact) mass is 287 g/mol. The van der Waals surface area contributed by atoms with Crippen LogP contribution in [-0.4, -0.2) is 25.3 Å². The van der Waals surface area contributed by atoms with Crippen molar-refractivity contribution >= 4 is 27.8 Å². The van der Waals surface area contributed by atoms with Gasteiger partial charge in [0.15, 0.2) is 5.82 Å². The van der Waals surface area contributed by atoms with Crippen LogP contribution < -0.4 is 5.73 Å². The van der Waals surface area contributed by atoms with Crippen molar-refractivity contribution in [2.24, 2.45) is 0 Å². The van der Waals surface area contributed by atoms with Crippen LogP contribution in [0, 0.1) is 11.6 Å². The van der Waals surface area contributed by atoms with Crippen LogP contribution in [0.4, 0.5) is 14.7 Å². The van der Waals surface area contributed by atoms with Crippen molar-refractivity contribution in [2.75, 3.05) is 12.0 Å². The predicted octanol–water partition coefficient (Wildman–Crippen LogP) is 2.05. The van der Waals surface area contributed by atoms with Gasteiger partial charge in [-0.25, -0.2) is 13.8 Å². The van der Waals surface area contributed by atoms with Crippen LogP contribution in [0.1, 0.15) is 13.3 Å². The van der Waals surface area contributed by atoms with E-state index in [1.807, 2.05) is 6.92 Å². The van der Waals surface area contributed by atoms with Crippen molar-refractivity contribution in [3.05, 3.63) is 23.8 Å². The Morgan fingerprint density at radius 3 is 2.79 bits per heavy atom. The summed E-state index contributed by atoms with van der Waals surface area (Å²) in [4.78, 5) is 3.90. The van der Waals surface area contributed by atoms with E-state index in [1.165, 1.54) is 6.07 Å². The molecule has 0 aliphatic rings. The molecule has 0 amide bonds. The normalized spacial score (nSPS) is 14.7. The second-order valence-electron chi connectivity index (χ2n) is 4.47. The van der Waals surface area contributed by atoms with Crippen LogP contribution in [0.5, 0.6) is 0 Å². The second kappa shape index (κ2) is 5.24. The lowest BCUT2D eigenvalue weighted by Gasteiger charge is -2.10. The molecule has 2 rings (SSSR count). The molecule has 2 aromatic rings. The Kier molecular flexibility index (Phi) is 3.84. The van der Waals surface area contributed by atoms with Crippen molar-refractivity contribution in [3.63, 3.8) is 0 Å². The van der Waals surface area contributed by atoms with Crippen LogP contribution in [-0.2, 0) is 17.3 Å². The maximum absolute atomic E-state index is 13.5. The molecule has 2 atom stereocenters. The van der Waals surface area contributed by atoms with Gasteiger partial charge in [-0.3, -0.25) is 4.21 Å². The van der Waals surface area contributed by atoms with Gasteiger partial charge in [-0.1, -0.05) is 6.92 Å². The summed E-state index contributed by atoms with van der Waals surface area (Å²) in [7, 11) is -0.944. The molecule has 0 aliphatic heterocycles. The Morgan fingerprint density at radius 1 is 1.47 bits per heavy atom. The maximum atomic E-state index is 13.5. The van der Waals surface area contributed by atoms with Crippen molar-refractivity contribution in [2.45, 2.75) is 25.1 Å². The highest BCUT2D eigenvalue weighted by molar-refractivity contribution is 7.84. The molecule has 0 fully saturated rings. The topological polar surface area (TPSA) is 60.9 Å². The summed E-state index contributed by atoms with van der Waals surface area (Å²) in [6.07, 6.45) is 2.22. The molecule has 0 saturated heterocycles. The summed E-state index contributed by atoms with van der Waals surface area (Å²) in [6, 6.07) is 1.98. The zero-order valence-electron chi connectivity index (χ0n) is 10.7. The summed E-state index contributed by atoms with van der Waals surface area (Å²) in [6.45, 7) is 2.28. The minimum absolute atomic E-state index is 0.0183. The highest BCUT2D eigenvalue weighted by Crippen LogP contribution is 2.22. The van der Waals surface area contributed by atoms with E-state index in [2.05, 4.69) is 4.98 Å². The van der Waals surface area contributed by atoms with E-state index >= 15 is 0 Å². The van der Waals surface area contributed by atoms with Crippen LogP contribution in [0.25, 0.3) is 11.0 Å². The number of benzene rings is 1. The molecule has 0 saturated carbocycles. The van der Waals surface area contributed by atoms with Gasteiger partial charge >= 0.3 is 0 Å². The summed E-state index contributed by atoms with van der Waals surface area (Å²) < 4.78 is 39.6. The average molecular weight is 287 g/mol. The van der Waals surface area contributed by atoms with Crippen LogP contribution in [0.2, 0.25) is 0 Å². The number of nitrogen functional groups attached to an aromatic ring is 1. The number of aryl methyl sites for hydroxylation is 1. The lowest BCUT2D eigenvalue weighted by molar-refractivity contribution is 0.588. The zero-order chi connectivity index (χ0) is 14.2. The van der Waals surface area contributed by atoms with Gasteiger partial charge < -0.3 is 10.3 Å². The quantitative estimate of drug-likeness (QED) is 0.936. The second-order valence-corrected chi connectivity index (χ2v) is 6.28. The molecular formula is C12H15F2N3OS. The highest BCUT2D eigenvalue weighted by atomic mass is 32.2. The van der Waals surface area contributed by atoms with Gasteiger partial charge in [0.1, 0.15) is 11.3 Å². The Balaban J connectivity index is 2.37. The number of hydrogen-bond donors (Lipinski definition) is 1. The van der Waals surface area contributed by atoms with Gasteiger partial charge in [0.05, 0.1) is 5.52 Å². The molecule has 1 heterocycles. The Labute approximate surface area is 112 Å². The molecule has 7 heteroatoms. The summed E-state index contributed by atoms with van der Waals surface area (Å²) in [5.74, 6) is -1.26. The summed E-state index contributed by atoms with van der Waals surface area (Å²) in [5, 5.41) is -0.0183. The summed E-state index contributed by atoms with van der Waals surface area (Å²) in [5.41, 5.74) is 6.10. The number of rotatable bonds is 4. The van der Waals surface area contributed by atoms with E-state index < -0.39 is 22.4 Å². The minimum atomic E-state index is -0.944. The van der Waals surface area contributed by atoms with E-state index in [0.29, 0.717) is 18.5 Å². The molecule has 0 bridgehead atoms. The van der Waals surface area contributed by atoms with Gasteiger partial charge in [-0.2, -0.15) is 0 Å². The highest BCUT2D eigenvalue weighted by Gasteiger charge is 2.15. The number of aromatic nitrogens is 2. The molecule has 1 aromatic heterocycles. The predicted molar refractivity (Wildman–Crippen MR) is 72.2 cm³/mol. The molecule has 0 radical (unpaired) electrons. The number of nitrogens with two attached hydrogens (primary N) is 1. The average Bonchev–Trinajstić information content (AvgIpc) is 2.63. The molecule has 1 aromatic carbocycles. The number of imidazole rings is 1. The molecule has 0 spiro atoms. The first-order chi connectivity index (χ1) is 8.90.